The van der Waals surface area contributed by atoms with Crippen LogP contribution in [0.3, 0.4) is 0 Å². The van der Waals surface area contributed by atoms with Crippen molar-refractivity contribution in [3.8, 4) is 0 Å². The van der Waals surface area contributed by atoms with E-state index in [1.165, 1.54) is 0 Å². The quantitative estimate of drug-likeness (QED) is 0.926. The smallest absolute Gasteiger partial charge is 0.133 e. The van der Waals surface area contributed by atoms with Gasteiger partial charge in [-0.15, -0.1) is 0 Å². The Hall–Kier alpha value is -0.650. The lowest BCUT2D eigenvalue weighted by atomic mass is 10.1. The molecule has 1 aliphatic heterocycles. The minimum Gasteiger partial charge on any atom is -0.376 e. The van der Waals surface area contributed by atoms with Crippen molar-refractivity contribution in [3.63, 3.8) is 0 Å². The van der Waals surface area contributed by atoms with Crippen molar-refractivity contribution in [2.45, 2.75) is 32.0 Å². The molecule has 0 saturated carbocycles. The van der Waals surface area contributed by atoms with Crippen LogP contribution in [-0.4, -0.2) is 30.8 Å². The van der Waals surface area contributed by atoms with E-state index in [1.54, 1.807) is 0 Å². The molecule has 2 unspecified atom stereocenters. The fourth-order valence-corrected chi connectivity index (χ4v) is 2.71. The van der Waals surface area contributed by atoms with Gasteiger partial charge in [-0.1, -0.05) is 0 Å². The van der Waals surface area contributed by atoms with Crippen LogP contribution in [0.15, 0.2) is 16.7 Å². The molecule has 1 aromatic rings. The number of aromatic nitrogens is 1. The van der Waals surface area contributed by atoms with E-state index < -0.39 is 0 Å². The van der Waals surface area contributed by atoms with Gasteiger partial charge < -0.3 is 15.4 Å². The highest BCUT2D eigenvalue weighted by molar-refractivity contribution is 9.10. The molecule has 0 aromatic carbocycles. The zero-order chi connectivity index (χ0) is 12.4. The molecule has 0 bridgehead atoms. The van der Waals surface area contributed by atoms with Crippen LogP contribution in [0.1, 0.15) is 18.9 Å². The maximum absolute atomic E-state index is 5.77. The minimum atomic E-state index is 0.246. The Morgan fingerprint density at radius 3 is 3.00 bits per heavy atom. The topological polar surface area (TPSA) is 51.4 Å². The number of likely N-dealkylation sites (N-methyl/N-ethyl adjacent to an activating group) is 1. The number of nitrogens with two attached hydrogens (primary N) is 1. The second-order valence-electron chi connectivity index (χ2n) is 4.38. The lowest BCUT2D eigenvalue weighted by Gasteiger charge is -2.29. The summed E-state index contributed by atoms with van der Waals surface area (Å²) in [6.45, 7) is 3.42. The first kappa shape index (κ1) is 12.8. The first-order valence-corrected chi connectivity index (χ1v) is 6.61. The average molecular weight is 300 g/mol. The van der Waals surface area contributed by atoms with Gasteiger partial charge in [-0.05, 0) is 35.3 Å². The van der Waals surface area contributed by atoms with Crippen LogP contribution < -0.4 is 10.6 Å². The fourth-order valence-electron chi connectivity index (χ4n) is 2.33. The average Bonchev–Trinajstić information content (AvgIpc) is 2.74. The molecule has 17 heavy (non-hydrogen) atoms. The number of nitrogens with zero attached hydrogens (tertiary/aromatic N) is 2. The molecule has 2 N–H and O–H groups in total. The van der Waals surface area contributed by atoms with Crippen LogP contribution in [0.5, 0.6) is 0 Å². The fraction of sp³-hybridized carbons (Fsp3) is 0.583. The third-order valence-electron chi connectivity index (χ3n) is 3.30. The second kappa shape index (κ2) is 5.33. The Balaban J connectivity index is 2.26. The van der Waals surface area contributed by atoms with Gasteiger partial charge in [-0.25, -0.2) is 4.98 Å². The Morgan fingerprint density at radius 2 is 2.41 bits per heavy atom. The van der Waals surface area contributed by atoms with Gasteiger partial charge in [0, 0.05) is 36.4 Å². The van der Waals surface area contributed by atoms with Gasteiger partial charge in [0.1, 0.15) is 5.82 Å². The van der Waals surface area contributed by atoms with E-state index in [4.69, 9.17) is 10.5 Å². The molecule has 1 saturated heterocycles. The highest BCUT2D eigenvalue weighted by Gasteiger charge is 2.29. The lowest BCUT2D eigenvalue weighted by Crippen LogP contribution is -2.38. The lowest BCUT2D eigenvalue weighted by molar-refractivity contribution is 0.118. The van der Waals surface area contributed by atoms with Crippen molar-refractivity contribution >= 4 is 21.7 Å². The summed E-state index contributed by atoms with van der Waals surface area (Å²) in [6.07, 6.45) is 3.10. The summed E-state index contributed by atoms with van der Waals surface area (Å²) in [5, 5.41) is 0. The third kappa shape index (κ3) is 2.61. The van der Waals surface area contributed by atoms with Crippen molar-refractivity contribution in [2.75, 3.05) is 18.6 Å². The highest BCUT2D eigenvalue weighted by Crippen LogP contribution is 2.26. The van der Waals surface area contributed by atoms with Crippen molar-refractivity contribution in [1.29, 1.82) is 0 Å². The number of hydrogen-bond acceptors (Lipinski definition) is 4. The van der Waals surface area contributed by atoms with Gasteiger partial charge in [-0.2, -0.15) is 0 Å². The van der Waals surface area contributed by atoms with Crippen molar-refractivity contribution < 1.29 is 4.74 Å². The van der Waals surface area contributed by atoms with E-state index in [-0.39, 0.29) is 6.10 Å². The Bertz CT molecular complexity index is 399. The number of halogens is 1. The molecule has 94 valence electrons. The third-order valence-corrected chi connectivity index (χ3v) is 3.73. The predicted molar refractivity (Wildman–Crippen MR) is 72.1 cm³/mol. The van der Waals surface area contributed by atoms with Crippen LogP contribution in [0, 0.1) is 0 Å². The van der Waals surface area contributed by atoms with E-state index in [2.05, 4.69) is 39.8 Å². The zero-order valence-electron chi connectivity index (χ0n) is 10.2. The number of rotatable bonds is 3. The maximum Gasteiger partial charge on any atom is 0.133 e. The molecule has 0 amide bonds. The molecule has 2 rings (SSSR count). The molecule has 2 atom stereocenters. The summed E-state index contributed by atoms with van der Waals surface area (Å²) in [6, 6.07) is 2.41. The van der Waals surface area contributed by atoms with Gasteiger partial charge in [0.05, 0.1) is 12.1 Å². The number of anilines is 1. The summed E-state index contributed by atoms with van der Waals surface area (Å²) in [5.41, 5.74) is 6.83. The van der Waals surface area contributed by atoms with Crippen LogP contribution in [-0.2, 0) is 11.3 Å². The Labute approximate surface area is 110 Å². The Morgan fingerprint density at radius 1 is 1.65 bits per heavy atom. The van der Waals surface area contributed by atoms with E-state index in [0.29, 0.717) is 12.6 Å². The van der Waals surface area contributed by atoms with Crippen LogP contribution >= 0.6 is 15.9 Å². The number of pyridine rings is 1. The molecule has 4 nitrogen and oxygen atoms in total. The number of ether oxygens (including phenoxy) is 1. The molecular formula is C12H18BrN3O. The normalized spacial score (nSPS) is 24.0. The summed E-state index contributed by atoms with van der Waals surface area (Å²) in [5.74, 6) is 0.957. The largest absolute Gasteiger partial charge is 0.376 e. The number of hydrogen-bond donors (Lipinski definition) is 1. The highest BCUT2D eigenvalue weighted by atomic mass is 79.9. The van der Waals surface area contributed by atoms with Gasteiger partial charge in [0.2, 0.25) is 0 Å². The molecule has 1 aliphatic rings. The van der Waals surface area contributed by atoms with Crippen molar-refractivity contribution in [3.05, 3.63) is 22.3 Å². The van der Waals surface area contributed by atoms with E-state index in [0.717, 1.165) is 28.9 Å². The van der Waals surface area contributed by atoms with Crippen molar-refractivity contribution in [1.82, 2.24) is 4.98 Å². The first-order chi connectivity index (χ1) is 8.13. The molecular weight excluding hydrogens is 282 g/mol. The van der Waals surface area contributed by atoms with E-state index in [9.17, 15) is 0 Å². The summed E-state index contributed by atoms with van der Waals surface area (Å²) < 4.78 is 6.56. The van der Waals surface area contributed by atoms with Crippen LogP contribution in [0.25, 0.3) is 0 Å². The van der Waals surface area contributed by atoms with Crippen LogP contribution in [0.2, 0.25) is 0 Å². The van der Waals surface area contributed by atoms with E-state index >= 15 is 0 Å². The molecule has 1 fully saturated rings. The summed E-state index contributed by atoms with van der Waals surface area (Å²) >= 11 is 3.42. The first-order valence-electron chi connectivity index (χ1n) is 5.82. The van der Waals surface area contributed by atoms with Gasteiger partial charge in [0.15, 0.2) is 0 Å². The monoisotopic (exact) mass is 299 g/mol. The minimum absolute atomic E-state index is 0.246. The van der Waals surface area contributed by atoms with Gasteiger partial charge in [0.25, 0.3) is 0 Å². The molecule has 1 aromatic heterocycles. The van der Waals surface area contributed by atoms with E-state index in [1.807, 2.05) is 12.3 Å². The standard InChI is InChI=1S/C12H18BrN3O/c1-8-11(3-4-17-8)16(2)12-9(6-14)5-10(13)7-15-12/h5,7-8,11H,3-4,6,14H2,1-2H3. The SMILES string of the molecule is CC1OCCC1N(C)c1ncc(Br)cc1CN. The van der Waals surface area contributed by atoms with Crippen molar-refractivity contribution in [2.24, 2.45) is 5.73 Å². The Kier molecular flexibility index (Phi) is 4.01. The van der Waals surface area contributed by atoms with Gasteiger partial charge >= 0.3 is 0 Å². The second-order valence-corrected chi connectivity index (χ2v) is 5.30. The van der Waals surface area contributed by atoms with Crippen LogP contribution in [0.4, 0.5) is 5.82 Å². The predicted octanol–water partition coefficient (Wildman–Crippen LogP) is 1.92. The molecule has 0 spiro atoms. The molecule has 0 radical (unpaired) electrons. The van der Waals surface area contributed by atoms with Gasteiger partial charge in [-0.3, -0.25) is 0 Å². The molecule has 2 heterocycles. The zero-order valence-corrected chi connectivity index (χ0v) is 11.8. The molecule has 5 heteroatoms. The summed E-state index contributed by atoms with van der Waals surface area (Å²) in [4.78, 5) is 6.66. The maximum atomic E-state index is 5.77. The molecule has 0 aliphatic carbocycles. The summed E-state index contributed by atoms with van der Waals surface area (Å²) in [7, 11) is 2.06.